The highest BCUT2D eigenvalue weighted by Crippen LogP contribution is 2.45. The Balaban J connectivity index is 1.76. The molecule has 126 valence electrons. The van der Waals surface area contributed by atoms with E-state index in [2.05, 4.69) is 33.9 Å². The van der Waals surface area contributed by atoms with E-state index in [9.17, 15) is 4.79 Å². The van der Waals surface area contributed by atoms with Crippen LogP contribution in [0.2, 0.25) is 18.1 Å². The van der Waals surface area contributed by atoms with E-state index < -0.39 is 38.7 Å². The van der Waals surface area contributed by atoms with Crippen LogP contribution in [-0.4, -0.2) is 50.8 Å². The molecule has 0 aliphatic carbocycles. The van der Waals surface area contributed by atoms with E-state index in [0.29, 0.717) is 0 Å². The number of fused-ring (bicyclic) bond motifs is 3. The van der Waals surface area contributed by atoms with Gasteiger partial charge < -0.3 is 23.4 Å². The number of esters is 1. The van der Waals surface area contributed by atoms with Crippen LogP contribution >= 0.6 is 0 Å². The predicted molar refractivity (Wildman–Crippen MR) is 80.6 cm³/mol. The van der Waals surface area contributed by atoms with Crippen molar-refractivity contribution in [2.45, 2.75) is 89.2 Å². The molecule has 0 bridgehead atoms. The van der Waals surface area contributed by atoms with Crippen LogP contribution in [0, 0.1) is 0 Å². The van der Waals surface area contributed by atoms with Gasteiger partial charge in [-0.3, -0.25) is 0 Å². The van der Waals surface area contributed by atoms with Crippen LogP contribution < -0.4 is 0 Å². The third kappa shape index (κ3) is 2.52. The molecule has 0 unspecified atom stereocenters. The standard InChI is InChI=1S/C15H26O6Si/c1-14(2,3)22(6,7)21-10-8-9(17-12(10)16)11-13(18-8)20-15(4,5)19-11/h8-11,13H,1-7H3/t8-,9-,10+,11+,13+/m0/s1. The fourth-order valence-corrected chi connectivity index (χ4v) is 4.05. The van der Waals surface area contributed by atoms with Gasteiger partial charge in [0.2, 0.25) is 0 Å². The molecule has 3 rings (SSSR count). The molecule has 3 saturated heterocycles. The molecule has 0 amide bonds. The second-order valence-corrected chi connectivity index (χ2v) is 13.0. The summed E-state index contributed by atoms with van der Waals surface area (Å²) < 4.78 is 29.1. The molecule has 3 fully saturated rings. The highest BCUT2D eigenvalue weighted by atomic mass is 28.4. The van der Waals surface area contributed by atoms with Gasteiger partial charge in [-0.2, -0.15) is 0 Å². The summed E-state index contributed by atoms with van der Waals surface area (Å²) in [5, 5.41) is 0.00876. The van der Waals surface area contributed by atoms with Gasteiger partial charge in [0.05, 0.1) is 0 Å². The lowest BCUT2D eigenvalue weighted by Crippen LogP contribution is -2.48. The van der Waals surface area contributed by atoms with Crippen LogP contribution in [0.1, 0.15) is 34.6 Å². The van der Waals surface area contributed by atoms with Gasteiger partial charge in [0, 0.05) is 0 Å². The average molecular weight is 330 g/mol. The molecule has 6 nitrogen and oxygen atoms in total. The molecule has 0 N–H and O–H groups in total. The number of hydrogen-bond donors (Lipinski definition) is 0. The Kier molecular flexibility index (Phi) is 3.55. The minimum atomic E-state index is -2.10. The molecule has 3 heterocycles. The molecular formula is C15H26O6Si. The highest BCUT2D eigenvalue weighted by molar-refractivity contribution is 6.74. The number of rotatable bonds is 2. The quantitative estimate of drug-likeness (QED) is 0.571. The summed E-state index contributed by atoms with van der Waals surface area (Å²) in [7, 11) is -2.10. The lowest BCUT2D eigenvalue weighted by atomic mass is 10.1. The highest BCUT2D eigenvalue weighted by Gasteiger charge is 2.64. The van der Waals surface area contributed by atoms with Crippen molar-refractivity contribution in [3.05, 3.63) is 0 Å². The molecule has 0 aromatic carbocycles. The maximum atomic E-state index is 12.2. The third-order valence-corrected chi connectivity index (χ3v) is 9.49. The van der Waals surface area contributed by atoms with E-state index >= 15 is 0 Å². The van der Waals surface area contributed by atoms with Crippen LogP contribution in [0.3, 0.4) is 0 Å². The summed E-state index contributed by atoms with van der Waals surface area (Å²) >= 11 is 0. The number of ether oxygens (including phenoxy) is 4. The fraction of sp³-hybridized carbons (Fsp3) is 0.933. The summed E-state index contributed by atoms with van der Waals surface area (Å²) in [6.07, 6.45) is -2.46. The number of carbonyl (C=O) groups is 1. The Morgan fingerprint density at radius 3 is 2.32 bits per heavy atom. The average Bonchev–Trinajstić information content (AvgIpc) is 2.87. The Morgan fingerprint density at radius 1 is 1.09 bits per heavy atom. The molecule has 0 spiro atoms. The maximum absolute atomic E-state index is 12.2. The van der Waals surface area contributed by atoms with Gasteiger partial charge in [-0.05, 0) is 32.0 Å². The van der Waals surface area contributed by atoms with Crippen molar-refractivity contribution in [3.8, 4) is 0 Å². The van der Waals surface area contributed by atoms with Gasteiger partial charge in [-0.25, -0.2) is 4.79 Å². The normalized spacial score (nSPS) is 40.5. The topological polar surface area (TPSA) is 63.2 Å². The first-order valence-corrected chi connectivity index (χ1v) is 10.7. The first kappa shape index (κ1) is 16.4. The zero-order chi connectivity index (χ0) is 16.5. The smallest absolute Gasteiger partial charge is 0.337 e. The Hall–Kier alpha value is -0.473. The zero-order valence-corrected chi connectivity index (χ0v) is 15.3. The molecule has 3 aliphatic heterocycles. The van der Waals surface area contributed by atoms with E-state index in [0.717, 1.165) is 0 Å². The van der Waals surface area contributed by atoms with Crippen molar-refractivity contribution in [1.29, 1.82) is 0 Å². The van der Waals surface area contributed by atoms with Gasteiger partial charge in [0.25, 0.3) is 0 Å². The third-order valence-electron chi connectivity index (χ3n) is 5.04. The van der Waals surface area contributed by atoms with Gasteiger partial charge >= 0.3 is 5.97 Å². The van der Waals surface area contributed by atoms with Gasteiger partial charge in [-0.15, -0.1) is 0 Å². The number of carbonyl (C=O) groups excluding carboxylic acids is 1. The lowest BCUT2D eigenvalue weighted by Gasteiger charge is -2.38. The predicted octanol–water partition coefficient (Wildman–Crippen LogP) is 2.18. The van der Waals surface area contributed by atoms with Crippen molar-refractivity contribution in [2.24, 2.45) is 0 Å². The second-order valence-electron chi connectivity index (χ2n) is 8.27. The Labute approximate surface area is 132 Å². The summed E-state index contributed by atoms with van der Waals surface area (Å²) in [5.74, 6) is -1.07. The Bertz CT molecular complexity index is 483. The largest absolute Gasteiger partial charge is 0.454 e. The summed E-state index contributed by atoms with van der Waals surface area (Å²) in [4.78, 5) is 12.2. The zero-order valence-electron chi connectivity index (χ0n) is 14.3. The second kappa shape index (κ2) is 4.77. The molecule has 0 aromatic rings. The van der Waals surface area contributed by atoms with Crippen LogP contribution in [0.15, 0.2) is 0 Å². The van der Waals surface area contributed by atoms with Gasteiger partial charge in [0.15, 0.2) is 38.7 Å². The molecular weight excluding hydrogens is 304 g/mol. The first-order chi connectivity index (χ1) is 9.91. The molecule has 5 atom stereocenters. The maximum Gasteiger partial charge on any atom is 0.337 e. The van der Waals surface area contributed by atoms with Crippen molar-refractivity contribution in [3.63, 3.8) is 0 Å². The van der Waals surface area contributed by atoms with E-state index in [-0.39, 0.29) is 17.1 Å². The summed E-state index contributed by atoms with van der Waals surface area (Å²) in [6, 6.07) is 0. The van der Waals surface area contributed by atoms with Gasteiger partial charge in [0.1, 0.15) is 6.10 Å². The molecule has 7 heteroatoms. The lowest BCUT2D eigenvalue weighted by molar-refractivity contribution is -0.214. The van der Waals surface area contributed by atoms with E-state index in [1.807, 2.05) is 13.8 Å². The summed E-state index contributed by atoms with van der Waals surface area (Å²) in [5.41, 5.74) is 0. The summed E-state index contributed by atoms with van der Waals surface area (Å²) in [6.45, 7) is 14.3. The molecule has 0 saturated carbocycles. The molecule has 0 radical (unpaired) electrons. The van der Waals surface area contributed by atoms with Gasteiger partial charge in [-0.1, -0.05) is 20.8 Å². The van der Waals surface area contributed by atoms with Crippen molar-refractivity contribution < 1.29 is 28.2 Å². The van der Waals surface area contributed by atoms with Crippen LogP contribution in [-0.2, 0) is 28.2 Å². The van der Waals surface area contributed by atoms with Crippen LogP contribution in [0.5, 0.6) is 0 Å². The van der Waals surface area contributed by atoms with Crippen LogP contribution in [0.25, 0.3) is 0 Å². The Morgan fingerprint density at radius 2 is 1.73 bits per heavy atom. The fourth-order valence-electron chi connectivity index (χ4n) is 2.83. The van der Waals surface area contributed by atoms with Crippen molar-refractivity contribution in [1.82, 2.24) is 0 Å². The first-order valence-electron chi connectivity index (χ1n) is 7.81. The minimum Gasteiger partial charge on any atom is -0.454 e. The van der Waals surface area contributed by atoms with Crippen LogP contribution in [0.4, 0.5) is 0 Å². The molecule has 0 aromatic heterocycles. The molecule has 22 heavy (non-hydrogen) atoms. The van der Waals surface area contributed by atoms with E-state index in [1.165, 1.54) is 0 Å². The minimum absolute atomic E-state index is 0.00876. The van der Waals surface area contributed by atoms with E-state index in [4.69, 9.17) is 23.4 Å². The van der Waals surface area contributed by atoms with Crippen molar-refractivity contribution >= 4 is 14.3 Å². The number of hydrogen-bond acceptors (Lipinski definition) is 6. The molecule has 3 aliphatic rings. The SMILES string of the molecule is CC1(C)O[C@H]2O[C@H]3[C@H](OC(=O)[C@@H]3O[Si](C)(C)C(C)(C)C)[C@H]2O1. The van der Waals surface area contributed by atoms with E-state index in [1.54, 1.807) is 0 Å². The monoisotopic (exact) mass is 330 g/mol. The van der Waals surface area contributed by atoms with Crippen molar-refractivity contribution in [2.75, 3.05) is 0 Å².